The van der Waals surface area contributed by atoms with Gasteiger partial charge in [0, 0.05) is 56.1 Å². The number of aliphatic hydroxyl groups is 1. The third kappa shape index (κ3) is 47.1. The van der Waals surface area contributed by atoms with Crippen LogP contribution in [0.2, 0.25) is 0 Å². The third-order valence-corrected chi connectivity index (χ3v) is 4.91. The van der Waals surface area contributed by atoms with E-state index in [1.807, 2.05) is 0 Å². The molecular weight excluding hydrogens is 478 g/mol. The van der Waals surface area contributed by atoms with Gasteiger partial charge in [-0.2, -0.15) is 0 Å². The first-order chi connectivity index (χ1) is 15.3. The molecule has 0 heterocycles. The molecule has 0 aromatic rings. The van der Waals surface area contributed by atoms with Crippen LogP contribution in [0.25, 0.3) is 10.4 Å². The van der Waals surface area contributed by atoms with Gasteiger partial charge in [0.05, 0.1) is 39.6 Å². The largest absolute Gasteiger partial charge is 0.394 e. The predicted octanol–water partition coefficient (Wildman–Crippen LogP) is 3.56. The van der Waals surface area contributed by atoms with Crippen LogP contribution < -0.4 is 0 Å². The molecule has 0 saturated carbocycles. The summed E-state index contributed by atoms with van der Waals surface area (Å²) in [7, 11) is 0. The van der Waals surface area contributed by atoms with Gasteiger partial charge in [0.25, 0.3) is 0 Å². The van der Waals surface area contributed by atoms with Crippen LogP contribution in [0, 0.1) is 0 Å². The molecule has 0 aliphatic carbocycles. The number of nitrogens with zero attached hydrogens (tertiary/aromatic N) is 3. The van der Waals surface area contributed by atoms with E-state index in [-0.39, 0.29) is 22.0 Å². The number of aliphatic hydroxyl groups excluding tert-OH is 1. The Balaban J connectivity index is -0.000000397. The minimum Gasteiger partial charge on any atom is -0.394 e. The summed E-state index contributed by atoms with van der Waals surface area (Å²) in [6.45, 7) is 10.4. The van der Waals surface area contributed by atoms with Crippen molar-refractivity contribution in [2.24, 2.45) is 5.11 Å². The molecule has 0 saturated heterocycles. The van der Waals surface area contributed by atoms with Crippen LogP contribution in [0.3, 0.4) is 0 Å². The number of rotatable bonds is 16. The van der Waals surface area contributed by atoms with Gasteiger partial charge < -0.3 is 19.3 Å². The van der Waals surface area contributed by atoms with Crippen LogP contribution in [0.5, 0.6) is 0 Å². The molecule has 0 rings (SSSR count). The molecule has 0 radical (unpaired) electrons. The van der Waals surface area contributed by atoms with Crippen LogP contribution in [-0.4, -0.2) is 90.5 Å². The minimum atomic E-state index is 0.0464. The number of thioether (sulfide) groups is 3. The van der Waals surface area contributed by atoms with Crippen LogP contribution in [-0.2, 0) is 28.6 Å². The van der Waals surface area contributed by atoms with Gasteiger partial charge in [-0.15, -0.1) is 0 Å². The van der Waals surface area contributed by atoms with Crippen molar-refractivity contribution >= 4 is 50.6 Å². The molecule has 188 valence electrons. The molecule has 0 unspecified atom stereocenters. The number of carbonyl (C=O) groups is 3. The average Bonchev–Trinajstić information content (AvgIpc) is 2.73. The lowest BCUT2D eigenvalue weighted by Gasteiger charge is -1.98. The molecule has 10 nitrogen and oxygen atoms in total. The fourth-order valence-corrected chi connectivity index (χ4v) is 2.86. The Labute approximate surface area is 203 Å². The molecule has 0 fully saturated rings. The second-order valence-corrected chi connectivity index (χ2v) is 9.35. The molecule has 1 N–H and O–H groups in total. The van der Waals surface area contributed by atoms with Crippen molar-refractivity contribution in [1.29, 1.82) is 0 Å². The maximum absolute atomic E-state index is 10.4. The maximum atomic E-state index is 10.4. The standard InChI is InChI=1S/C7H14O2S.C6H11N3O2S.C6H12O3S/c1-3-4-9-5-6-10-7(2)8;1-6(10)12-5-4-11-3-2-8-9-7;1-6(8)10-5-4-9-3-2-7/h3-6H2,1-2H3;2-5H2,1H3;7H,2-5H2,1H3. The van der Waals surface area contributed by atoms with E-state index in [4.69, 9.17) is 24.8 Å². The highest BCUT2D eigenvalue weighted by atomic mass is 32.2. The lowest BCUT2D eigenvalue weighted by atomic mass is 10.5. The Hall–Kier alpha value is -0.790. The van der Waals surface area contributed by atoms with Crippen LogP contribution in [0.1, 0.15) is 34.1 Å². The molecule has 0 aromatic heterocycles. The summed E-state index contributed by atoms with van der Waals surface area (Å²) in [5.74, 6) is 2.12. The Morgan fingerprint density at radius 1 is 0.781 bits per heavy atom. The van der Waals surface area contributed by atoms with Crippen molar-refractivity contribution in [2.75, 3.05) is 70.1 Å². The second kappa shape index (κ2) is 32.4. The molecule has 0 aliphatic heterocycles. The predicted molar refractivity (Wildman–Crippen MR) is 133 cm³/mol. The van der Waals surface area contributed by atoms with E-state index in [1.54, 1.807) is 6.92 Å². The van der Waals surface area contributed by atoms with Crippen molar-refractivity contribution in [2.45, 2.75) is 34.1 Å². The molecule has 0 amide bonds. The molecule has 0 aromatic carbocycles. The van der Waals surface area contributed by atoms with Crippen LogP contribution >= 0.6 is 35.3 Å². The van der Waals surface area contributed by atoms with Gasteiger partial charge in [0.2, 0.25) is 0 Å². The molecule has 13 heteroatoms. The summed E-state index contributed by atoms with van der Waals surface area (Å²) in [6.07, 6.45) is 1.05. The second-order valence-electron chi connectivity index (χ2n) is 5.54. The van der Waals surface area contributed by atoms with E-state index in [9.17, 15) is 14.4 Å². The summed E-state index contributed by atoms with van der Waals surface area (Å²) < 4.78 is 15.1. The summed E-state index contributed by atoms with van der Waals surface area (Å²) in [5.41, 5.74) is 7.90. The third-order valence-electron chi connectivity index (χ3n) is 2.58. The molecule has 32 heavy (non-hydrogen) atoms. The molecule has 0 bridgehead atoms. The fourth-order valence-electron chi connectivity index (χ4n) is 1.40. The SMILES string of the molecule is CC(=O)SCCOCCN=[N+]=[N-].CC(=O)SCCOCCO.CCCOCCSC(C)=O. The van der Waals surface area contributed by atoms with Crippen molar-refractivity contribution in [3.63, 3.8) is 0 Å². The van der Waals surface area contributed by atoms with Crippen molar-refractivity contribution in [3.8, 4) is 0 Å². The zero-order valence-corrected chi connectivity index (χ0v) is 21.9. The zero-order valence-electron chi connectivity index (χ0n) is 19.4. The van der Waals surface area contributed by atoms with Gasteiger partial charge in [0.15, 0.2) is 15.3 Å². The van der Waals surface area contributed by atoms with Gasteiger partial charge in [-0.1, -0.05) is 47.3 Å². The van der Waals surface area contributed by atoms with Crippen LogP contribution in [0.15, 0.2) is 5.11 Å². The number of carbonyl (C=O) groups excluding carboxylic acids is 3. The average molecular weight is 516 g/mol. The first-order valence-corrected chi connectivity index (χ1v) is 13.0. The summed E-state index contributed by atoms with van der Waals surface area (Å²) in [4.78, 5) is 33.7. The van der Waals surface area contributed by atoms with Gasteiger partial charge in [-0.25, -0.2) is 0 Å². The van der Waals surface area contributed by atoms with E-state index >= 15 is 0 Å². The van der Waals surface area contributed by atoms with E-state index in [0.29, 0.717) is 51.1 Å². The highest BCUT2D eigenvalue weighted by Gasteiger charge is 1.94. The zero-order chi connectivity index (χ0) is 24.9. The Morgan fingerprint density at radius 3 is 1.53 bits per heavy atom. The fraction of sp³-hybridized carbons (Fsp3) is 0.842. The topological polar surface area (TPSA) is 148 Å². The lowest BCUT2D eigenvalue weighted by Crippen LogP contribution is -2.03. The van der Waals surface area contributed by atoms with Gasteiger partial charge in [0.1, 0.15) is 0 Å². The van der Waals surface area contributed by atoms with E-state index in [0.717, 1.165) is 18.8 Å². The first kappa shape index (κ1) is 35.8. The monoisotopic (exact) mass is 515 g/mol. The maximum Gasteiger partial charge on any atom is 0.185 e. The number of hydrogen-bond donors (Lipinski definition) is 1. The lowest BCUT2D eigenvalue weighted by molar-refractivity contribution is -0.109. The number of hydrogen-bond acceptors (Lipinski definition) is 11. The highest BCUT2D eigenvalue weighted by molar-refractivity contribution is 8.14. The van der Waals surface area contributed by atoms with E-state index in [2.05, 4.69) is 16.9 Å². The van der Waals surface area contributed by atoms with E-state index in [1.165, 1.54) is 49.1 Å². The van der Waals surface area contributed by atoms with Gasteiger partial charge in [-0.05, 0) is 12.0 Å². The molecule has 0 aliphatic rings. The molecule has 0 atom stereocenters. The first-order valence-electron chi connectivity index (χ1n) is 10.1. The highest BCUT2D eigenvalue weighted by Crippen LogP contribution is 2.00. The quantitative estimate of drug-likeness (QED) is 0.140. The Morgan fingerprint density at radius 2 is 1.19 bits per heavy atom. The summed E-state index contributed by atoms with van der Waals surface area (Å²) in [6, 6.07) is 0. The number of azide groups is 1. The van der Waals surface area contributed by atoms with E-state index < -0.39 is 0 Å². The Kier molecular flexibility index (Phi) is 36.2. The van der Waals surface area contributed by atoms with Crippen LogP contribution in [0.4, 0.5) is 0 Å². The number of ether oxygens (including phenoxy) is 3. The smallest absolute Gasteiger partial charge is 0.185 e. The van der Waals surface area contributed by atoms with Crippen molar-refractivity contribution in [3.05, 3.63) is 10.4 Å². The summed E-state index contributed by atoms with van der Waals surface area (Å²) in [5, 5.41) is 11.9. The normalized spacial score (nSPS) is 9.53. The molecular formula is C19H37N3O7S3. The molecule has 0 spiro atoms. The van der Waals surface area contributed by atoms with Gasteiger partial charge >= 0.3 is 0 Å². The van der Waals surface area contributed by atoms with Crippen molar-refractivity contribution in [1.82, 2.24) is 0 Å². The Bertz CT molecular complexity index is 479. The van der Waals surface area contributed by atoms with Gasteiger partial charge in [-0.3, -0.25) is 14.4 Å². The summed E-state index contributed by atoms with van der Waals surface area (Å²) >= 11 is 3.78. The van der Waals surface area contributed by atoms with Crippen molar-refractivity contribution < 1.29 is 33.7 Å². The minimum absolute atomic E-state index is 0.0464.